The second kappa shape index (κ2) is 7.56. The maximum absolute atomic E-state index is 10.5. The fourth-order valence-corrected chi connectivity index (χ4v) is 1.51. The number of allylic oxidation sites excluding steroid dienone is 1. The van der Waals surface area contributed by atoms with Crippen molar-refractivity contribution in [1.82, 2.24) is 4.90 Å². The van der Waals surface area contributed by atoms with Crippen molar-refractivity contribution in [3.05, 3.63) is 12.7 Å². The molecule has 0 spiro atoms. The van der Waals surface area contributed by atoms with Crippen LogP contribution in [-0.2, 0) is 4.79 Å². The minimum absolute atomic E-state index is 0.127. The van der Waals surface area contributed by atoms with Crippen LogP contribution in [0.4, 0.5) is 0 Å². The summed E-state index contributed by atoms with van der Waals surface area (Å²) in [7, 11) is 0. The number of hydrogen-bond acceptors (Lipinski definition) is 2. The van der Waals surface area contributed by atoms with Crippen molar-refractivity contribution in [3.8, 4) is 0 Å². The van der Waals surface area contributed by atoms with E-state index in [9.17, 15) is 4.79 Å². The lowest BCUT2D eigenvalue weighted by molar-refractivity contribution is -0.138. The summed E-state index contributed by atoms with van der Waals surface area (Å²) in [6.45, 7) is 9.55. The molecule has 0 radical (unpaired) electrons. The van der Waals surface area contributed by atoms with Gasteiger partial charge in [-0.2, -0.15) is 0 Å². The second-order valence-electron chi connectivity index (χ2n) is 3.51. The molecule has 14 heavy (non-hydrogen) atoms. The molecule has 0 saturated carbocycles. The summed E-state index contributed by atoms with van der Waals surface area (Å²) in [5.74, 6) is -0.723. The summed E-state index contributed by atoms with van der Waals surface area (Å²) < 4.78 is 0. The van der Waals surface area contributed by atoms with Crippen molar-refractivity contribution in [2.75, 3.05) is 13.1 Å². The van der Waals surface area contributed by atoms with Crippen LogP contribution >= 0.6 is 0 Å². The van der Waals surface area contributed by atoms with Gasteiger partial charge < -0.3 is 10.0 Å². The molecule has 0 aromatic heterocycles. The highest BCUT2D eigenvalue weighted by molar-refractivity contribution is 5.67. The van der Waals surface area contributed by atoms with E-state index in [-0.39, 0.29) is 12.5 Å². The summed E-state index contributed by atoms with van der Waals surface area (Å²) >= 11 is 0. The summed E-state index contributed by atoms with van der Waals surface area (Å²) in [4.78, 5) is 12.7. The van der Waals surface area contributed by atoms with Gasteiger partial charge in [0.05, 0.1) is 6.42 Å². The highest BCUT2D eigenvalue weighted by atomic mass is 16.4. The molecule has 3 heteroatoms. The second-order valence-corrected chi connectivity index (χ2v) is 3.51. The van der Waals surface area contributed by atoms with Gasteiger partial charge in [-0.1, -0.05) is 13.0 Å². The Morgan fingerprint density at radius 1 is 1.64 bits per heavy atom. The molecule has 0 aliphatic carbocycles. The van der Waals surface area contributed by atoms with Gasteiger partial charge >= 0.3 is 5.97 Å². The smallest absolute Gasteiger partial charge is 0.304 e. The predicted molar refractivity (Wildman–Crippen MR) is 58.4 cm³/mol. The van der Waals surface area contributed by atoms with E-state index < -0.39 is 5.97 Å². The number of carboxylic acid groups (broad SMARTS) is 1. The van der Waals surface area contributed by atoms with Gasteiger partial charge in [0, 0.05) is 6.04 Å². The van der Waals surface area contributed by atoms with E-state index in [4.69, 9.17) is 5.11 Å². The molecule has 0 fully saturated rings. The third-order valence-electron chi connectivity index (χ3n) is 2.35. The average Bonchev–Trinajstić information content (AvgIpc) is 2.11. The third-order valence-corrected chi connectivity index (χ3v) is 2.35. The molecule has 0 aliphatic rings. The van der Waals surface area contributed by atoms with Crippen LogP contribution in [0.3, 0.4) is 0 Å². The first-order valence-corrected chi connectivity index (χ1v) is 5.18. The number of hydrogen-bond donors (Lipinski definition) is 1. The lowest BCUT2D eigenvalue weighted by Crippen LogP contribution is -2.35. The topological polar surface area (TPSA) is 40.5 Å². The van der Waals surface area contributed by atoms with Crippen molar-refractivity contribution in [3.63, 3.8) is 0 Å². The van der Waals surface area contributed by atoms with Gasteiger partial charge in [0.15, 0.2) is 0 Å². The van der Waals surface area contributed by atoms with Crippen molar-refractivity contribution in [1.29, 1.82) is 0 Å². The Labute approximate surface area is 86.4 Å². The van der Waals surface area contributed by atoms with E-state index >= 15 is 0 Å². The fourth-order valence-electron chi connectivity index (χ4n) is 1.51. The number of unbranched alkanes of at least 4 members (excludes halogenated alkanes) is 1. The number of carbonyl (C=O) groups is 1. The molecule has 0 saturated heterocycles. The molecule has 0 bridgehead atoms. The zero-order valence-corrected chi connectivity index (χ0v) is 9.20. The third kappa shape index (κ3) is 5.75. The van der Waals surface area contributed by atoms with Crippen molar-refractivity contribution in [2.24, 2.45) is 0 Å². The van der Waals surface area contributed by atoms with E-state index in [1.54, 1.807) is 0 Å². The lowest BCUT2D eigenvalue weighted by Gasteiger charge is -2.26. The van der Waals surface area contributed by atoms with Crippen LogP contribution in [0.15, 0.2) is 12.7 Å². The Morgan fingerprint density at radius 3 is 2.71 bits per heavy atom. The first-order valence-electron chi connectivity index (χ1n) is 5.18. The summed E-state index contributed by atoms with van der Waals surface area (Å²) in [5, 5.41) is 8.66. The first-order chi connectivity index (χ1) is 6.61. The molecule has 0 amide bonds. The monoisotopic (exact) mass is 199 g/mol. The van der Waals surface area contributed by atoms with Gasteiger partial charge in [0.1, 0.15) is 0 Å². The summed E-state index contributed by atoms with van der Waals surface area (Å²) in [6, 6.07) is 0.127. The Balaban J connectivity index is 3.85. The van der Waals surface area contributed by atoms with Crippen molar-refractivity contribution >= 4 is 5.97 Å². The van der Waals surface area contributed by atoms with Gasteiger partial charge in [0.25, 0.3) is 0 Å². The molecule has 0 rings (SSSR count). The molecule has 0 aromatic carbocycles. The Bertz CT molecular complexity index is 180. The number of carboxylic acids is 1. The Morgan fingerprint density at radius 2 is 2.29 bits per heavy atom. The zero-order valence-electron chi connectivity index (χ0n) is 9.20. The Hall–Kier alpha value is -0.830. The lowest BCUT2D eigenvalue weighted by atomic mass is 10.2. The molecule has 1 unspecified atom stereocenters. The SMILES string of the molecule is C=CCCCN(CC)C(C)CC(=O)O. The van der Waals surface area contributed by atoms with E-state index in [2.05, 4.69) is 18.4 Å². The predicted octanol–water partition coefficient (Wildman–Crippen LogP) is 2.14. The van der Waals surface area contributed by atoms with Crippen LogP contribution < -0.4 is 0 Å². The molecule has 82 valence electrons. The fraction of sp³-hybridized carbons (Fsp3) is 0.727. The standard InChI is InChI=1S/C11H21NO2/c1-4-6-7-8-12(5-2)10(3)9-11(13)14/h4,10H,1,5-9H2,2-3H3,(H,13,14). The molecule has 1 atom stereocenters. The van der Waals surface area contributed by atoms with Gasteiger partial charge in [-0.05, 0) is 32.9 Å². The first kappa shape index (κ1) is 13.2. The van der Waals surface area contributed by atoms with Gasteiger partial charge in [-0.15, -0.1) is 6.58 Å². The minimum atomic E-state index is -0.723. The molecule has 0 aliphatic heterocycles. The summed E-state index contributed by atoms with van der Waals surface area (Å²) in [6.07, 6.45) is 4.18. The normalized spacial score (nSPS) is 12.8. The summed E-state index contributed by atoms with van der Waals surface area (Å²) in [5.41, 5.74) is 0. The van der Waals surface area contributed by atoms with Crippen molar-refractivity contribution in [2.45, 2.75) is 39.2 Å². The highest BCUT2D eigenvalue weighted by Crippen LogP contribution is 2.05. The van der Waals surface area contributed by atoms with E-state index in [0.717, 1.165) is 25.9 Å². The number of rotatable bonds is 8. The van der Waals surface area contributed by atoms with E-state index in [1.807, 2.05) is 13.0 Å². The Kier molecular flexibility index (Phi) is 7.11. The van der Waals surface area contributed by atoms with Crippen LogP contribution in [0.25, 0.3) is 0 Å². The van der Waals surface area contributed by atoms with Gasteiger partial charge in [-0.25, -0.2) is 0 Å². The number of aliphatic carboxylic acids is 1. The molecule has 0 aromatic rings. The van der Waals surface area contributed by atoms with Crippen LogP contribution in [0, 0.1) is 0 Å². The molecular weight excluding hydrogens is 178 g/mol. The maximum Gasteiger partial charge on any atom is 0.304 e. The van der Waals surface area contributed by atoms with Crippen LogP contribution in [0.5, 0.6) is 0 Å². The van der Waals surface area contributed by atoms with Gasteiger partial charge in [0.2, 0.25) is 0 Å². The maximum atomic E-state index is 10.5. The number of nitrogens with zero attached hydrogens (tertiary/aromatic N) is 1. The van der Waals surface area contributed by atoms with Gasteiger partial charge in [-0.3, -0.25) is 4.79 Å². The van der Waals surface area contributed by atoms with Crippen molar-refractivity contribution < 1.29 is 9.90 Å². The molecule has 1 N–H and O–H groups in total. The molecule has 3 nitrogen and oxygen atoms in total. The van der Waals surface area contributed by atoms with E-state index in [1.165, 1.54) is 0 Å². The zero-order chi connectivity index (χ0) is 11.0. The van der Waals surface area contributed by atoms with Crippen LogP contribution in [-0.4, -0.2) is 35.1 Å². The average molecular weight is 199 g/mol. The highest BCUT2D eigenvalue weighted by Gasteiger charge is 2.14. The minimum Gasteiger partial charge on any atom is -0.481 e. The molecular formula is C11H21NO2. The quantitative estimate of drug-likeness (QED) is 0.481. The van der Waals surface area contributed by atoms with Crippen LogP contribution in [0.1, 0.15) is 33.1 Å². The molecule has 0 heterocycles. The largest absolute Gasteiger partial charge is 0.481 e. The van der Waals surface area contributed by atoms with E-state index in [0.29, 0.717) is 0 Å². The van der Waals surface area contributed by atoms with Crippen LogP contribution in [0.2, 0.25) is 0 Å².